The Bertz CT molecular complexity index is 1010. The van der Waals surface area contributed by atoms with Gasteiger partial charge in [0.15, 0.2) is 0 Å². The summed E-state index contributed by atoms with van der Waals surface area (Å²) in [5.74, 6) is 0.716. The van der Waals surface area contributed by atoms with Gasteiger partial charge in [0.1, 0.15) is 29.3 Å². The zero-order valence-electron chi connectivity index (χ0n) is 23.0. The van der Waals surface area contributed by atoms with Crippen LogP contribution >= 0.6 is 0 Å². The number of ether oxygens (including phenoxy) is 3. The molecule has 1 aliphatic rings. The zero-order chi connectivity index (χ0) is 26.4. The van der Waals surface area contributed by atoms with Gasteiger partial charge in [-0.25, -0.2) is 0 Å². The molecule has 0 amide bonds. The van der Waals surface area contributed by atoms with E-state index in [4.69, 9.17) is 14.2 Å². The van der Waals surface area contributed by atoms with Gasteiger partial charge in [-0.15, -0.1) is 0 Å². The Morgan fingerprint density at radius 2 is 1.81 bits per heavy atom. The summed E-state index contributed by atoms with van der Waals surface area (Å²) in [6.07, 6.45) is 5.96. The van der Waals surface area contributed by atoms with E-state index >= 15 is 0 Å². The van der Waals surface area contributed by atoms with Gasteiger partial charge in [0.05, 0.1) is 18.6 Å². The lowest BCUT2D eigenvalue weighted by Gasteiger charge is -2.44. The number of hydrogen-bond acceptors (Lipinski definition) is 5. The molecule has 0 saturated heterocycles. The van der Waals surface area contributed by atoms with Crippen molar-refractivity contribution >= 4 is 5.97 Å². The molecule has 0 spiro atoms. The van der Waals surface area contributed by atoms with Gasteiger partial charge in [-0.1, -0.05) is 76.8 Å². The first-order chi connectivity index (χ1) is 17.0. The van der Waals surface area contributed by atoms with E-state index in [9.17, 15) is 9.90 Å². The van der Waals surface area contributed by atoms with Gasteiger partial charge < -0.3 is 19.3 Å². The Morgan fingerprint density at radius 1 is 1.08 bits per heavy atom. The normalized spacial score (nSPS) is 18.8. The first-order valence-corrected chi connectivity index (χ1v) is 13.4. The van der Waals surface area contributed by atoms with E-state index in [1.807, 2.05) is 56.3 Å². The maximum Gasteiger partial charge on any atom is 0.309 e. The molecule has 198 valence electrons. The van der Waals surface area contributed by atoms with Crippen molar-refractivity contribution in [2.75, 3.05) is 6.61 Å². The van der Waals surface area contributed by atoms with E-state index < -0.39 is 17.2 Å². The van der Waals surface area contributed by atoms with E-state index in [0.29, 0.717) is 23.7 Å². The van der Waals surface area contributed by atoms with Crippen LogP contribution in [0.15, 0.2) is 42.5 Å². The SMILES string of the molecule is CCCCCCC(C)(C)c1cc(OCc2ccccc2)c2c(c1)OC(C)(C)CC2(O)CC(=O)OCC. The van der Waals surface area contributed by atoms with Crippen LogP contribution in [0.2, 0.25) is 0 Å². The molecular formula is C31H44O5. The van der Waals surface area contributed by atoms with Gasteiger partial charge in [-0.3, -0.25) is 4.79 Å². The molecule has 0 aromatic heterocycles. The standard InChI is InChI=1S/C31H44O5/c1-7-9-10-14-17-29(3,4)24-18-25(35-21-23-15-12-11-13-16-23)28-26(19-24)36-30(5,6)22-31(28,33)20-27(32)34-8-2/h11-13,15-16,18-19,33H,7-10,14,17,20-22H2,1-6H3. The second-order valence-corrected chi connectivity index (χ2v) is 11.4. The Balaban J connectivity index is 2.06. The van der Waals surface area contributed by atoms with Crippen molar-refractivity contribution in [3.63, 3.8) is 0 Å². The molecule has 1 heterocycles. The van der Waals surface area contributed by atoms with Crippen LogP contribution in [0.1, 0.15) is 103 Å². The Hall–Kier alpha value is -2.53. The number of carbonyl (C=O) groups excluding carboxylic acids is 1. The number of carbonyl (C=O) groups is 1. The van der Waals surface area contributed by atoms with Crippen molar-refractivity contribution in [2.24, 2.45) is 0 Å². The lowest BCUT2D eigenvalue weighted by molar-refractivity contribution is -0.153. The van der Waals surface area contributed by atoms with Gasteiger partial charge in [0.2, 0.25) is 0 Å². The topological polar surface area (TPSA) is 65.0 Å². The Morgan fingerprint density at radius 3 is 2.47 bits per heavy atom. The van der Waals surface area contributed by atoms with Crippen LogP contribution in [0.5, 0.6) is 11.5 Å². The Labute approximate surface area is 217 Å². The van der Waals surface area contributed by atoms with Crippen molar-refractivity contribution in [1.82, 2.24) is 0 Å². The molecule has 2 aromatic rings. The summed E-state index contributed by atoms with van der Waals surface area (Å²) in [4.78, 5) is 12.6. The van der Waals surface area contributed by atoms with Crippen molar-refractivity contribution in [1.29, 1.82) is 0 Å². The molecule has 1 unspecified atom stereocenters. The second kappa shape index (κ2) is 11.7. The van der Waals surface area contributed by atoms with Crippen molar-refractivity contribution in [3.8, 4) is 11.5 Å². The fourth-order valence-electron chi connectivity index (χ4n) is 5.24. The summed E-state index contributed by atoms with van der Waals surface area (Å²) in [6.45, 7) is 13.0. The van der Waals surface area contributed by atoms with E-state index in [2.05, 4.69) is 20.8 Å². The molecular weight excluding hydrogens is 452 g/mol. The van der Waals surface area contributed by atoms with Crippen molar-refractivity contribution in [2.45, 2.75) is 110 Å². The first kappa shape index (κ1) is 28.0. The fourth-order valence-corrected chi connectivity index (χ4v) is 5.24. The lowest BCUT2D eigenvalue weighted by Crippen LogP contribution is -2.46. The summed E-state index contributed by atoms with van der Waals surface area (Å²) < 4.78 is 18.0. The van der Waals surface area contributed by atoms with Crippen LogP contribution in [-0.4, -0.2) is 23.3 Å². The minimum Gasteiger partial charge on any atom is -0.488 e. The molecule has 1 atom stereocenters. The number of benzene rings is 2. The highest BCUT2D eigenvalue weighted by Gasteiger charge is 2.48. The second-order valence-electron chi connectivity index (χ2n) is 11.4. The van der Waals surface area contributed by atoms with Crippen molar-refractivity contribution < 1.29 is 24.1 Å². The molecule has 0 saturated carbocycles. The summed E-state index contributed by atoms with van der Waals surface area (Å²) in [5.41, 5.74) is 0.459. The summed E-state index contributed by atoms with van der Waals surface area (Å²) >= 11 is 0. The number of aliphatic hydroxyl groups is 1. The smallest absolute Gasteiger partial charge is 0.309 e. The van der Waals surface area contributed by atoms with Crippen molar-refractivity contribution in [3.05, 3.63) is 59.2 Å². The third kappa shape index (κ3) is 7.03. The minimum atomic E-state index is -1.46. The number of hydrogen-bond donors (Lipinski definition) is 1. The first-order valence-electron chi connectivity index (χ1n) is 13.4. The highest BCUT2D eigenvalue weighted by atomic mass is 16.5. The Kier molecular flexibility index (Phi) is 9.10. The van der Waals surface area contributed by atoms with E-state index in [0.717, 1.165) is 24.0 Å². The van der Waals surface area contributed by atoms with Crippen LogP contribution in [0.3, 0.4) is 0 Å². The average Bonchev–Trinajstić information content (AvgIpc) is 2.79. The molecule has 0 fully saturated rings. The van der Waals surface area contributed by atoms with Crippen LogP contribution in [0, 0.1) is 0 Å². The third-order valence-electron chi connectivity index (χ3n) is 7.05. The molecule has 0 radical (unpaired) electrons. The molecule has 1 N–H and O–H groups in total. The maximum absolute atomic E-state index is 12.6. The van der Waals surface area contributed by atoms with Gasteiger partial charge in [0, 0.05) is 6.42 Å². The summed E-state index contributed by atoms with van der Waals surface area (Å²) in [6, 6.07) is 14.0. The third-order valence-corrected chi connectivity index (χ3v) is 7.05. The molecule has 1 aliphatic heterocycles. The molecule has 0 aliphatic carbocycles. The number of esters is 1. The van der Waals surface area contributed by atoms with E-state index in [1.54, 1.807) is 6.92 Å². The van der Waals surface area contributed by atoms with Gasteiger partial charge in [-0.2, -0.15) is 0 Å². The predicted octanol–water partition coefficient (Wildman–Crippen LogP) is 7.22. The van der Waals surface area contributed by atoms with Gasteiger partial charge >= 0.3 is 5.97 Å². The summed E-state index contributed by atoms with van der Waals surface area (Å²) in [5, 5.41) is 12.0. The number of rotatable bonds is 12. The highest BCUT2D eigenvalue weighted by Crippen LogP contribution is 2.51. The maximum atomic E-state index is 12.6. The van der Waals surface area contributed by atoms with Crippen LogP contribution in [0.4, 0.5) is 0 Å². The average molecular weight is 497 g/mol. The molecule has 3 rings (SSSR count). The van der Waals surface area contributed by atoms with Crippen LogP contribution in [-0.2, 0) is 27.2 Å². The number of fused-ring (bicyclic) bond motifs is 1. The molecule has 0 bridgehead atoms. The zero-order valence-corrected chi connectivity index (χ0v) is 23.0. The minimum absolute atomic E-state index is 0.0994. The highest BCUT2D eigenvalue weighted by molar-refractivity contribution is 5.72. The molecule has 5 heteroatoms. The monoisotopic (exact) mass is 496 g/mol. The summed E-state index contributed by atoms with van der Waals surface area (Å²) in [7, 11) is 0. The predicted molar refractivity (Wildman–Crippen MR) is 143 cm³/mol. The molecule has 5 nitrogen and oxygen atoms in total. The quantitative estimate of drug-likeness (QED) is 0.248. The molecule has 36 heavy (non-hydrogen) atoms. The largest absolute Gasteiger partial charge is 0.488 e. The number of unbranched alkanes of at least 4 members (excludes halogenated alkanes) is 3. The van der Waals surface area contributed by atoms with E-state index in [-0.39, 0.29) is 24.9 Å². The van der Waals surface area contributed by atoms with Gasteiger partial charge in [-0.05, 0) is 55.9 Å². The lowest BCUT2D eigenvalue weighted by atomic mass is 9.74. The van der Waals surface area contributed by atoms with Crippen LogP contribution in [0.25, 0.3) is 0 Å². The van der Waals surface area contributed by atoms with E-state index in [1.165, 1.54) is 19.3 Å². The van der Waals surface area contributed by atoms with Crippen LogP contribution < -0.4 is 9.47 Å². The molecule has 2 aromatic carbocycles. The fraction of sp³-hybridized carbons (Fsp3) is 0.581. The van der Waals surface area contributed by atoms with Gasteiger partial charge in [0.25, 0.3) is 0 Å².